The highest BCUT2D eigenvalue weighted by molar-refractivity contribution is 5.33. The summed E-state index contributed by atoms with van der Waals surface area (Å²) in [6.07, 6.45) is 9.23. The number of rotatable bonds is 0. The van der Waals surface area contributed by atoms with Crippen LogP contribution in [0.3, 0.4) is 0 Å². The second-order valence-electron chi connectivity index (χ2n) is 2.89. The molecule has 10 heavy (non-hydrogen) atoms. The van der Waals surface area contributed by atoms with Crippen molar-refractivity contribution in [3.05, 3.63) is 23.5 Å². The number of fused-ring (bicyclic) bond motifs is 1. The molecule has 0 unspecified atom stereocenters. The van der Waals surface area contributed by atoms with Gasteiger partial charge >= 0.3 is 0 Å². The Kier molecular flexibility index (Phi) is 1.50. The van der Waals surface area contributed by atoms with E-state index < -0.39 is 0 Å². The number of ether oxygens (including phenoxy) is 1. The molecule has 0 saturated heterocycles. The lowest BCUT2D eigenvalue weighted by atomic mass is 9.92. The molecular weight excluding hydrogens is 124 g/mol. The zero-order chi connectivity index (χ0) is 6.81. The fourth-order valence-electron chi connectivity index (χ4n) is 1.59. The highest BCUT2D eigenvalue weighted by Crippen LogP contribution is 2.28. The smallest absolute Gasteiger partial charge is 0.0913 e. The average Bonchev–Trinajstić information content (AvgIpc) is 2.05. The summed E-state index contributed by atoms with van der Waals surface area (Å²) in [5.41, 5.74) is 2.98. The number of hydrogen-bond donors (Lipinski definition) is 0. The summed E-state index contributed by atoms with van der Waals surface area (Å²) < 4.78 is 5.24. The van der Waals surface area contributed by atoms with E-state index in [1.807, 2.05) is 6.26 Å². The van der Waals surface area contributed by atoms with Gasteiger partial charge in [-0.2, -0.15) is 0 Å². The molecule has 0 spiro atoms. The summed E-state index contributed by atoms with van der Waals surface area (Å²) in [6, 6.07) is 0. The monoisotopic (exact) mass is 136 g/mol. The van der Waals surface area contributed by atoms with E-state index in [4.69, 9.17) is 4.74 Å². The first-order valence-electron chi connectivity index (χ1n) is 3.97. The fraction of sp³-hybridized carbons (Fsp3) is 0.556. The van der Waals surface area contributed by atoms with Gasteiger partial charge < -0.3 is 4.74 Å². The first-order valence-corrected chi connectivity index (χ1v) is 3.97. The van der Waals surface area contributed by atoms with Gasteiger partial charge in [-0.25, -0.2) is 0 Å². The van der Waals surface area contributed by atoms with Crippen LogP contribution in [0.4, 0.5) is 0 Å². The quantitative estimate of drug-likeness (QED) is 0.497. The Morgan fingerprint density at radius 2 is 2.20 bits per heavy atom. The largest absolute Gasteiger partial charge is 0.501 e. The van der Waals surface area contributed by atoms with Gasteiger partial charge in [-0.15, -0.1) is 0 Å². The van der Waals surface area contributed by atoms with Crippen molar-refractivity contribution in [1.29, 1.82) is 0 Å². The Balaban J connectivity index is 2.25. The van der Waals surface area contributed by atoms with Crippen LogP contribution in [0.15, 0.2) is 23.5 Å². The third kappa shape index (κ3) is 0.962. The van der Waals surface area contributed by atoms with Crippen molar-refractivity contribution in [2.24, 2.45) is 0 Å². The van der Waals surface area contributed by atoms with E-state index in [1.165, 1.54) is 30.4 Å². The zero-order valence-corrected chi connectivity index (χ0v) is 6.10. The van der Waals surface area contributed by atoms with Crippen molar-refractivity contribution < 1.29 is 4.74 Å². The van der Waals surface area contributed by atoms with Crippen LogP contribution in [-0.4, -0.2) is 6.61 Å². The second kappa shape index (κ2) is 2.49. The molecule has 2 aliphatic rings. The maximum Gasteiger partial charge on any atom is 0.0913 e. The SMILES string of the molecule is C1=C2CCCC=C2CCO1. The van der Waals surface area contributed by atoms with Crippen LogP contribution in [0.2, 0.25) is 0 Å². The molecule has 0 bridgehead atoms. The zero-order valence-electron chi connectivity index (χ0n) is 6.10. The maximum absolute atomic E-state index is 5.24. The van der Waals surface area contributed by atoms with Gasteiger partial charge in [0, 0.05) is 6.42 Å². The third-order valence-electron chi connectivity index (χ3n) is 2.17. The minimum absolute atomic E-state index is 0.884. The molecule has 0 amide bonds. The third-order valence-corrected chi connectivity index (χ3v) is 2.17. The molecule has 0 aromatic heterocycles. The highest BCUT2D eigenvalue weighted by atomic mass is 16.5. The fourth-order valence-corrected chi connectivity index (χ4v) is 1.59. The van der Waals surface area contributed by atoms with Gasteiger partial charge in [0.15, 0.2) is 0 Å². The van der Waals surface area contributed by atoms with Crippen LogP contribution >= 0.6 is 0 Å². The lowest BCUT2D eigenvalue weighted by Crippen LogP contribution is -2.05. The van der Waals surface area contributed by atoms with E-state index in [9.17, 15) is 0 Å². The summed E-state index contributed by atoms with van der Waals surface area (Å²) in [4.78, 5) is 0. The molecule has 0 radical (unpaired) electrons. The Labute approximate surface area is 61.4 Å². The molecule has 0 atom stereocenters. The van der Waals surface area contributed by atoms with E-state index in [1.54, 1.807) is 0 Å². The number of hydrogen-bond acceptors (Lipinski definition) is 1. The molecule has 54 valence electrons. The second-order valence-corrected chi connectivity index (χ2v) is 2.89. The molecule has 2 rings (SSSR count). The average molecular weight is 136 g/mol. The van der Waals surface area contributed by atoms with Crippen molar-refractivity contribution in [3.63, 3.8) is 0 Å². The van der Waals surface area contributed by atoms with Crippen molar-refractivity contribution in [2.45, 2.75) is 25.7 Å². The van der Waals surface area contributed by atoms with Gasteiger partial charge in [-0.1, -0.05) is 6.08 Å². The molecule has 1 heteroatoms. The molecular formula is C9H12O. The van der Waals surface area contributed by atoms with E-state index >= 15 is 0 Å². The van der Waals surface area contributed by atoms with Crippen LogP contribution in [-0.2, 0) is 4.74 Å². The summed E-state index contributed by atoms with van der Waals surface area (Å²) in [6.45, 7) is 0.884. The van der Waals surface area contributed by atoms with Gasteiger partial charge in [-0.05, 0) is 30.4 Å². The van der Waals surface area contributed by atoms with Crippen LogP contribution in [0, 0.1) is 0 Å². The Bertz CT molecular complexity index is 167. The molecule has 1 nitrogen and oxygen atoms in total. The predicted octanol–water partition coefficient (Wildman–Crippen LogP) is 2.40. The van der Waals surface area contributed by atoms with E-state index in [-0.39, 0.29) is 0 Å². The van der Waals surface area contributed by atoms with Gasteiger partial charge in [0.1, 0.15) is 0 Å². The van der Waals surface area contributed by atoms with E-state index in [0.29, 0.717) is 0 Å². The summed E-state index contributed by atoms with van der Waals surface area (Å²) in [7, 11) is 0. The lowest BCUT2D eigenvalue weighted by molar-refractivity contribution is 0.238. The van der Waals surface area contributed by atoms with Gasteiger partial charge in [0.05, 0.1) is 12.9 Å². The topological polar surface area (TPSA) is 9.23 Å². The van der Waals surface area contributed by atoms with Crippen molar-refractivity contribution in [3.8, 4) is 0 Å². The first kappa shape index (κ1) is 6.02. The molecule has 0 aromatic carbocycles. The summed E-state index contributed by atoms with van der Waals surface area (Å²) in [5.74, 6) is 0. The van der Waals surface area contributed by atoms with E-state index in [2.05, 4.69) is 6.08 Å². The Morgan fingerprint density at radius 1 is 1.20 bits per heavy atom. The van der Waals surface area contributed by atoms with Crippen LogP contribution in [0.1, 0.15) is 25.7 Å². The molecule has 0 saturated carbocycles. The van der Waals surface area contributed by atoms with Gasteiger partial charge in [-0.3, -0.25) is 0 Å². The van der Waals surface area contributed by atoms with Crippen molar-refractivity contribution in [1.82, 2.24) is 0 Å². The molecule has 0 aromatic rings. The standard InChI is InChI=1S/C9H12O/c1-2-4-9-7-10-6-5-8(9)3-1/h3,7H,1-2,4-6H2. The first-order chi connectivity index (χ1) is 4.97. The highest BCUT2D eigenvalue weighted by Gasteiger charge is 2.13. The minimum Gasteiger partial charge on any atom is -0.501 e. The van der Waals surface area contributed by atoms with Crippen LogP contribution in [0.25, 0.3) is 0 Å². The summed E-state index contributed by atoms with van der Waals surface area (Å²) in [5, 5.41) is 0. The summed E-state index contributed by atoms with van der Waals surface area (Å²) >= 11 is 0. The maximum atomic E-state index is 5.24. The van der Waals surface area contributed by atoms with Crippen molar-refractivity contribution in [2.75, 3.05) is 6.61 Å². The van der Waals surface area contributed by atoms with Gasteiger partial charge in [0.25, 0.3) is 0 Å². The minimum atomic E-state index is 0.884. The number of allylic oxidation sites excluding steroid dienone is 2. The lowest BCUT2D eigenvalue weighted by Gasteiger charge is -2.20. The van der Waals surface area contributed by atoms with Crippen LogP contribution in [0.5, 0.6) is 0 Å². The molecule has 1 aliphatic heterocycles. The molecule has 0 N–H and O–H groups in total. The van der Waals surface area contributed by atoms with Gasteiger partial charge in [0.2, 0.25) is 0 Å². The normalized spacial score (nSPS) is 24.0. The van der Waals surface area contributed by atoms with Crippen molar-refractivity contribution >= 4 is 0 Å². The Hall–Kier alpha value is -0.720. The van der Waals surface area contributed by atoms with E-state index in [0.717, 1.165) is 13.0 Å². The predicted molar refractivity (Wildman–Crippen MR) is 40.6 cm³/mol. The molecule has 1 heterocycles. The molecule has 1 aliphatic carbocycles. The van der Waals surface area contributed by atoms with Crippen LogP contribution < -0.4 is 0 Å². The molecule has 0 fully saturated rings. The Morgan fingerprint density at radius 3 is 3.10 bits per heavy atom.